The molecule has 5 atom stereocenters. The number of nitrogens with one attached hydrogen (secondary N) is 1. The predicted molar refractivity (Wildman–Crippen MR) is 164 cm³/mol. The Morgan fingerprint density at radius 2 is 1.81 bits per heavy atom. The van der Waals surface area contributed by atoms with Crippen LogP contribution in [0.4, 0.5) is 5.82 Å². The Labute approximate surface area is 267 Å². The molecule has 2 heterocycles. The number of carbonyl (C=O) groups excluding carboxylic acids is 2. The van der Waals surface area contributed by atoms with Gasteiger partial charge < -0.3 is 61.6 Å². The number of nitrogens with zero attached hydrogens (tertiary/aromatic N) is 2. The van der Waals surface area contributed by atoms with Crippen molar-refractivity contribution in [3.05, 3.63) is 75.5 Å². The average Bonchev–Trinajstić information content (AvgIpc) is 3.07. The van der Waals surface area contributed by atoms with Crippen molar-refractivity contribution in [2.45, 2.75) is 49.8 Å². The number of guanidine groups is 1. The second-order valence-corrected chi connectivity index (χ2v) is 11.1. The third-order valence-corrected chi connectivity index (χ3v) is 8.18. The van der Waals surface area contributed by atoms with Crippen molar-refractivity contribution in [2.75, 3.05) is 26.5 Å². The Balaban J connectivity index is 1.60. The second kappa shape index (κ2) is 13.1. The van der Waals surface area contributed by atoms with Crippen LogP contribution in [0.1, 0.15) is 48.5 Å². The van der Waals surface area contributed by atoms with Crippen molar-refractivity contribution in [3.8, 4) is 17.2 Å². The van der Waals surface area contributed by atoms with Crippen LogP contribution in [0.25, 0.3) is 0 Å². The van der Waals surface area contributed by atoms with Crippen LogP contribution < -0.4 is 26.3 Å². The van der Waals surface area contributed by atoms with Crippen LogP contribution in [0.2, 0.25) is 0 Å². The Hall–Kier alpha value is -4.84. The minimum Gasteiger partial charge on any atom is -0.507 e. The van der Waals surface area contributed by atoms with Crippen LogP contribution in [0, 0.1) is 0 Å². The molecule has 5 rings (SSSR count). The fourth-order valence-electron chi connectivity index (χ4n) is 5.50. The maximum atomic E-state index is 14.2. The van der Waals surface area contributed by atoms with Crippen molar-refractivity contribution in [2.24, 2.45) is 10.7 Å². The Morgan fingerprint density at radius 1 is 1.09 bits per heavy atom. The summed E-state index contributed by atoms with van der Waals surface area (Å²) < 4.78 is 16.3. The highest BCUT2D eigenvalue weighted by Crippen LogP contribution is 2.43. The summed E-state index contributed by atoms with van der Waals surface area (Å²) in [5.74, 6) is -4.63. The van der Waals surface area contributed by atoms with Gasteiger partial charge in [-0.15, -0.1) is 0 Å². The van der Waals surface area contributed by atoms with Gasteiger partial charge in [0.25, 0.3) is 0 Å². The molecule has 2 aromatic carbocycles. The number of carbonyl (C=O) groups is 2. The first-order valence-electron chi connectivity index (χ1n) is 14.4. The lowest BCUT2D eigenvalue weighted by molar-refractivity contribution is -0.384. The molecule has 0 amide bonds. The van der Waals surface area contributed by atoms with E-state index >= 15 is 0 Å². The minimum absolute atomic E-state index is 0.0556. The first kappa shape index (κ1) is 33.5. The lowest BCUT2D eigenvalue weighted by Crippen LogP contribution is -2.67. The number of rotatable bonds is 9. The Bertz CT molecular complexity index is 1730. The molecule has 0 bridgehead atoms. The quantitative estimate of drug-likeness (QED) is 0.0732. The van der Waals surface area contributed by atoms with Gasteiger partial charge >= 0.3 is 0 Å². The number of aliphatic hydroxyl groups is 5. The number of aryl methyl sites for hydroxylation is 2. The summed E-state index contributed by atoms with van der Waals surface area (Å²) in [4.78, 5) is 36.2. The van der Waals surface area contributed by atoms with Gasteiger partial charge in [-0.2, -0.15) is 0 Å². The molecule has 16 nitrogen and oxygen atoms in total. The molecule has 1 fully saturated rings. The number of nitrogens with two attached hydrogens (primary N) is 2. The van der Waals surface area contributed by atoms with Gasteiger partial charge in [-0.25, -0.2) is 4.98 Å². The number of ether oxygens (including phenoxy) is 3. The maximum absolute atomic E-state index is 14.2. The molecule has 1 aliphatic carbocycles. The van der Waals surface area contributed by atoms with E-state index < -0.39 is 54.3 Å². The number of anilines is 1. The summed E-state index contributed by atoms with van der Waals surface area (Å²) in [5.41, 5.74) is 12.3. The van der Waals surface area contributed by atoms with Crippen molar-refractivity contribution >= 4 is 23.3 Å². The zero-order valence-corrected chi connectivity index (χ0v) is 25.4. The van der Waals surface area contributed by atoms with E-state index in [-0.39, 0.29) is 51.8 Å². The molecule has 1 aromatic heterocycles. The van der Waals surface area contributed by atoms with Crippen LogP contribution in [0.3, 0.4) is 0 Å². The average molecular weight is 654 g/mol. The van der Waals surface area contributed by atoms with E-state index in [1.165, 1.54) is 32.4 Å². The number of phenolic OH excluding ortho intramolecular Hbond substituents is 1. The molecular formula is C31H35N5O11. The monoisotopic (exact) mass is 653 g/mol. The van der Waals surface area contributed by atoms with Crippen molar-refractivity contribution in [3.63, 3.8) is 0 Å². The molecule has 0 spiro atoms. The van der Waals surface area contributed by atoms with E-state index in [0.717, 1.165) is 5.56 Å². The molecule has 0 radical (unpaired) electrons. The van der Waals surface area contributed by atoms with Gasteiger partial charge in [-0.1, -0.05) is 6.07 Å². The number of aromatic nitrogens is 1. The molecule has 250 valence electrons. The number of aromatic hydroxyl groups is 1. The summed E-state index contributed by atoms with van der Waals surface area (Å²) in [5, 5.41) is 65.6. The minimum atomic E-state index is -2.74. The molecule has 0 saturated carbocycles. The van der Waals surface area contributed by atoms with E-state index in [1.54, 1.807) is 18.3 Å². The van der Waals surface area contributed by atoms with Gasteiger partial charge in [0.2, 0.25) is 17.9 Å². The molecule has 1 aliphatic heterocycles. The number of ketones is 2. The normalized spacial score (nSPS) is 24.0. The molecule has 16 heteroatoms. The number of phenols is 1. The Morgan fingerprint density at radius 3 is 2.45 bits per heavy atom. The van der Waals surface area contributed by atoms with E-state index in [4.69, 9.17) is 25.7 Å². The lowest BCUT2D eigenvalue weighted by atomic mass is 9.80. The first-order valence-corrected chi connectivity index (χ1v) is 14.4. The molecule has 5 unspecified atom stereocenters. The van der Waals surface area contributed by atoms with Crippen LogP contribution in [-0.2, 0) is 24.1 Å². The van der Waals surface area contributed by atoms with E-state index in [0.29, 0.717) is 24.2 Å². The largest absolute Gasteiger partial charge is 0.507 e. The number of hydrogen-bond donors (Lipinski definition) is 9. The standard InChI is InChI=1S/C31H35N5O11/c1-34-30(33)36-11-18-14(5-3-13-4-6-20(32)35-10-13)7-16-22(24(18)39)25(40)21-17(23(16)38)8-15(45-2)9-19(21)46-29-27(42)26(41)28(43)31(44,12-37)47-29/h4,6-10,26-29,37,39,41-44H,3,5,11-12H2,1-2H3,(H2,32,35)(H3,33,34,36). The number of methoxy groups -OCH3 is 1. The zero-order valence-electron chi connectivity index (χ0n) is 25.4. The maximum Gasteiger partial charge on any atom is 0.231 e. The first-order chi connectivity index (χ1) is 22.3. The highest BCUT2D eigenvalue weighted by Gasteiger charge is 2.54. The van der Waals surface area contributed by atoms with Gasteiger partial charge in [0.1, 0.15) is 41.4 Å². The number of pyridine rings is 1. The Kier molecular flexibility index (Phi) is 9.35. The smallest absolute Gasteiger partial charge is 0.231 e. The van der Waals surface area contributed by atoms with E-state index in [9.17, 15) is 40.2 Å². The van der Waals surface area contributed by atoms with E-state index in [1.807, 2.05) is 0 Å². The summed E-state index contributed by atoms with van der Waals surface area (Å²) in [7, 11) is 2.76. The molecule has 47 heavy (non-hydrogen) atoms. The van der Waals surface area contributed by atoms with Gasteiger partial charge in [-0.3, -0.25) is 14.6 Å². The fourth-order valence-corrected chi connectivity index (χ4v) is 5.50. The number of benzene rings is 2. The van der Waals surface area contributed by atoms with Crippen molar-refractivity contribution in [1.29, 1.82) is 0 Å². The van der Waals surface area contributed by atoms with E-state index in [2.05, 4.69) is 15.3 Å². The topological polar surface area (TPSA) is 273 Å². The lowest BCUT2D eigenvalue weighted by Gasteiger charge is -2.44. The number of aliphatic hydroxyl groups excluding tert-OH is 4. The summed E-state index contributed by atoms with van der Waals surface area (Å²) >= 11 is 0. The summed E-state index contributed by atoms with van der Waals surface area (Å²) in [6.07, 6.45) is -5.68. The second-order valence-electron chi connectivity index (χ2n) is 11.1. The van der Waals surface area contributed by atoms with Gasteiger partial charge in [-0.05, 0) is 42.2 Å². The number of aliphatic imine (C=N–C) groups is 1. The van der Waals surface area contributed by atoms with Crippen molar-refractivity contribution < 1.29 is 54.4 Å². The highest BCUT2D eigenvalue weighted by atomic mass is 16.8. The molecule has 1 saturated heterocycles. The zero-order chi connectivity index (χ0) is 34.2. The summed E-state index contributed by atoms with van der Waals surface area (Å²) in [6, 6.07) is 7.47. The molecule has 2 aliphatic rings. The number of fused-ring (bicyclic) bond motifs is 2. The number of hydrogen-bond acceptors (Lipinski definition) is 14. The third kappa shape index (κ3) is 6.17. The van der Waals surface area contributed by atoms with Gasteiger partial charge in [0.15, 0.2) is 11.7 Å². The molecule has 11 N–H and O–H groups in total. The van der Waals surface area contributed by atoms with Crippen LogP contribution in [0.15, 0.2) is 41.5 Å². The molecule has 3 aromatic rings. The van der Waals surface area contributed by atoms with Crippen LogP contribution in [0.5, 0.6) is 17.2 Å². The van der Waals surface area contributed by atoms with Crippen LogP contribution >= 0.6 is 0 Å². The third-order valence-electron chi connectivity index (χ3n) is 8.18. The predicted octanol–water partition coefficient (Wildman–Crippen LogP) is -1.53. The van der Waals surface area contributed by atoms with Gasteiger partial charge in [0, 0.05) is 42.5 Å². The summed E-state index contributed by atoms with van der Waals surface area (Å²) in [6.45, 7) is -1.24. The highest BCUT2D eigenvalue weighted by molar-refractivity contribution is 6.30. The molecular weight excluding hydrogens is 618 g/mol. The number of nitrogen functional groups attached to an aromatic ring is 1. The van der Waals surface area contributed by atoms with Crippen LogP contribution in [-0.4, -0.2) is 104 Å². The van der Waals surface area contributed by atoms with Gasteiger partial charge in [0.05, 0.1) is 24.8 Å². The van der Waals surface area contributed by atoms with Crippen molar-refractivity contribution in [1.82, 2.24) is 10.3 Å². The SMILES string of the molecule is CN=C(N)NCc1c(CCc2ccc(N)nc2)cc2c(c1O)C(=O)c1c(OC3OC(O)(CO)C(O)C(O)C3O)cc(OC)cc1C2=O. The fraction of sp³-hybridized carbons (Fsp3) is 0.355.